The fraction of sp³-hybridized carbons (Fsp3) is 0.500. The Hall–Kier alpha value is -6.49. The number of aromatic nitrogens is 2. The molecule has 76 heavy (non-hydrogen) atoms. The van der Waals surface area contributed by atoms with Gasteiger partial charge in [0.15, 0.2) is 0 Å². The second kappa shape index (κ2) is 29.1. The molecule has 4 aromatic rings. The molecule has 3 heterocycles. The Morgan fingerprint density at radius 3 is 2.00 bits per heavy atom. The van der Waals surface area contributed by atoms with Gasteiger partial charge in [0.25, 0.3) is 0 Å². The average molecular weight is 1080 g/mol. The molecule has 20 nitrogen and oxygen atoms in total. The van der Waals surface area contributed by atoms with E-state index in [0.717, 1.165) is 18.4 Å². The number of aryl methyl sites for hydroxylation is 1. The number of fused-ring (bicyclic) bond motifs is 1. The molecule has 3 aromatic carbocycles. The monoisotopic (exact) mass is 1080 g/mol. The van der Waals surface area contributed by atoms with Gasteiger partial charge in [0, 0.05) is 107 Å². The molecule has 1 atom stereocenters. The Morgan fingerprint density at radius 1 is 0.789 bits per heavy atom. The number of carboxylic acids is 3. The van der Waals surface area contributed by atoms with Gasteiger partial charge in [-0.15, -0.1) is 0 Å². The van der Waals surface area contributed by atoms with Crippen molar-refractivity contribution in [3.8, 4) is 22.6 Å². The van der Waals surface area contributed by atoms with Crippen LogP contribution in [0.25, 0.3) is 27.7 Å². The fourth-order valence-electron chi connectivity index (χ4n) is 9.66. The van der Waals surface area contributed by atoms with Crippen LogP contribution in [0.15, 0.2) is 72.0 Å². The third-order valence-corrected chi connectivity index (χ3v) is 13.8. The quantitative estimate of drug-likeness (QED) is 0.0570. The van der Waals surface area contributed by atoms with E-state index in [4.69, 9.17) is 21.1 Å². The number of benzene rings is 3. The molecule has 0 unspecified atom stereocenters. The first kappa shape index (κ1) is 58.8. The maximum Gasteiger partial charge on any atom is 0.354 e. The SMILES string of the molecule is C=CC(=O)N1CCN(c2nc(=O)n(-c3ccccc3CCC)c3cc(-c4c(F)cccc4OCCOCCCCCNC(=O)CN4CCN(CC(=O)O)CCN(CC(=O)O)CCN(CC(=O)O)CC4)c(Cl)cc23)[C@@H](C)C1. The van der Waals surface area contributed by atoms with Gasteiger partial charge in [-0.05, 0) is 74.6 Å². The second-order valence-corrected chi connectivity index (χ2v) is 19.5. The topological polar surface area (TPSA) is 231 Å². The summed E-state index contributed by atoms with van der Waals surface area (Å²) in [5, 5.41) is 32.2. The minimum absolute atomic E-state index is 0.0299. The Morgan fingerprint density at radius 2 is 1.41 bits per heavy atom. The molecule has 4 N–H and O–H groups in total. The number of nitrogens with one attached hydrogen (secondary N) is 1. The Balaban J connectivity index is 1.05. The molecular weight excluding hydrogens is 1010 g/mol. The molecule has 2 amide bonds. The van der Waals surface area contributed by atoms with Gasteiger partial charge in [-0.1, -0.05) is 55.8 Å². The molecule has 2 aliphatic heterocycles. The third kappa shape index (κ3) is 16.8. The molecule has 2 fully saturated rings. The van der Waals surface area contributed by atoms with E-state index < -0.39 is 29.4 Å². The molecule has 22 heteroatoms. The molecule has 0 bridgehead atoms. The van der Waals surface area contributed by atoms with Gasteiger partial charge < -0.3 is 39.9 Å². The number of carbonyl (C=O) groups excluding carboxylic acids is 2. The highest BCUT2D eigenvalue weighted by molar-refractivity contribution is 6.34. The van der Waals surface area contributed by atoms with E-state index in [1.54, 1.807) is 48.4 Å². The predicted octanol–water partition coefficient (Wildman–Crippen LogP) is 4.18. The number of unbranched alkanes of at least 4 members (excludes halogenated alkanes) is 2. The van der Waals surface area contributed by atoms with Crippen LogP contribution < -0.4 is 20.6 Å². The number of carboxylic acid groups (broad SMARTS) is 3. The van der Waals surface area contributed by atoms with Crippen LogP contribution in [0.4, 0.5) is 10.2 Å². The number of hydrogen-bond acceptors (Lipinski definition) is 14. The Labute approximate surface area is 447 Å². The van der Waals surface area contributed by atoms with Gasteiger partial charge >= 0.3 is 23.6 Å². The maximum absolute atomic E-state index is 16.1. The number of aliphatic carboxylic acids is 3. The number of nitrogens with zero attached hydrogens (tertiary/aromatic N) is 8. The number of amides is 2. The van der Waals surface area contributed by atoms with Gasteiger partial charge in [-0.3, -0.25) is 48.1 Å². The van der Waals surface area contributed by atoms with Crippen LogP contribution in [0.5, 0.6) is 5.75 Å². The first-order valence-corrected chi connectivity index (χ1v) is 26.3. The molecule has 0 radical (unpaired) electrons. The number of piperazine rings is 1. The summed E-state index contributed by atoms with van der Waals surface area (Å²) in [6, 6.07) is 15.4. The van der Waals surface area contributed by atoms with E-state index >= 15 is 4.39 Å². The standard InChI is InChI=1S/C54H71ClFN9O11/c1-4-12-39-13-7-8-15-44(39)65-45-32-40(42(55)31-41(45)53(58-54(65)74)64-27-26-63(33-38(64)3)48(67)5-2)52-43(56)14-11-16-46(52)76-30-29-75-28-10-6-9-17-57-47(66)34-59-18-20-60(35-49(68)69)22-24-62(37-51(72)73)25-23-61(21-19-59)36-50(70)71/h5,7-8,11,13-16,31-32,38H,2,4,6,9-10,12,17-30,33-37H2,1,3H3,(H,57,66)(H,68,69)(H,70,71)(H,72,73)/t38-/m0/s1. The zero-order valence-corrected chi connectivity index (χ0v) is 44.2. The third-order valence-electron chi connectivity index (χ3n) is 13.5. The number of halogens is 2. The lowest BCUT2D eigenvalue weighted by Gasteiger charge is -2.40. The van der Waals surface area contributed by atoms with Crippen molar-refractivity contribution in [1.82, 2.24) is 39.4 Å². The van der Waals surface area contributed by atoms with Crippen LogP contribution in [0.2, 0.25) is 5.02 Å². The minimum Gasteiger partial charge on any atom is -0.490 e. The summed E-state index contributed by atoms with van der Waals surface area (Å²) in [5.41, 5.74) is 2.00. The molecule has 2 aliphatic rings. The van der Waals surface area contributed by atoms with Crippen molar-refractivity contribution in [2.45, 2.75) is 52.0 Å². The van der Waals surface area contributed by atoms with Crippen LogP contribution >= 0.6 is 11.6 Å². The first-order valence-electron chi connectivity index (χ1n) is 25.9. The van der Waals surface area contributed by atoms with E-state index in [2.05, 4.69) is 23.8 Å². The molecule has 412 valence electrons. The van der Waals surface area contributed by atoms with Crippen LogP contribution in [-0.4, -0.2) is 210 Å². The van der Waals surface area contributed by atoms with E-state index in [1.807, 2.05) is 41.0 Å². The lowest BCUT2D eigenvalue weighted by molar-refractivity contribution is -0.140. The normalized spacial score (nSPS) is 16.7. The predicted molar refractivity (Wildman–Crippen MR) is 287 cm³/mol. The van der Waals surface area contributed by atoms with Crippen molar-refractivity contribution in [2.24, 2.45) is 0 Å². The number of anilines is 1. The van der Waals surface area contributed by atoms with Crippen molar-refractivity contribution in [1.29, 1.82) is 0 Å². The number of carbonyl (C=O) groups is 5. The molecule has 0 saturated carbocycles. The van der Waals surface area contributed by atoms with E-state index in [-0.39, 0.29) is 99.8 Å². The summed E-state index contributed by atoms with van der Waals surface area (Å²) in [6.07, 6.45) is 4.96. The lowest BCUT2D eigenvalue weighted by atomic mass is 10.0. The zero-order chi connectivity index (χ0) is 54.7. The average Bonchev–Trinajstić information content (AvgIpc) is 3.37. The largest absolute Gasteiger partial charge is 0.490 e. The molecular formula is C54H71ClFN9O11. The van der Waals surface area contributed by atoms with Crippen molar-refractivity contribution in [3.63, 3.8) is 0 Å². The van der Waals surface area contributed by atoms with Gasteiger partial charge in [-0.25, -0.2) is 9.18 Å². The number of hydrogen-bond donors (Lipinski definition) is 4. The van der Waals surface area contributed by atoms with E-state index in [9.17, 15) is 44.1 Å². The highest BCUT2D eigenvalue weighted by Gasteiger charge is 2.30. The minimum atomic E-state index is -1.03. The summed E-state index contributed by atoms with van der Waals surface area (Å²) < 4.78 is 29.7. The van der Waals surface area contributed by atoms with Crippen LogP contribution in [0.1, 0.15) is 45.1 Å². The van der Waals surface area contributed by atoms with Crippen LogP contribution in [0.3, 0.4) is 0 Å². The van der Waals surface area contributed by atoms with Gasteiger partial charge in [0.05, 0.1) is 49.6 Å². The fourth-order valence-corrected chi connectivity index (χ4v) is 9.92. The van der Waals surface area contributed by atoms with Crippen molar-refractivity contribution < 1.29 is 53.2 Å². The summed E-state index contributed by atoms with van der Waals surface area (Å²) in [5.74, 6) is -3.40. The van der Waals surface area contributed by atoms with Gasteiger partial charge in [0.2, 0.25) is 11.8 Å². The van der Waals surface area contributed by atoms with Crippen molar-refractivity contribution in [2.75, 3.05) is 129 Å². The van der Waals surface area contributed by atoms with E-state index in [1.165, 1.54) is 12.1 Å². The van der Waals surface area contributed by atoms with Crippen molar-refractivity contribution >= 4 is 58.0 Å². The molecule has 2 saturated heterocycles. The molecule has 0 spiro atoms. The molecule has 1 aromatic heterocycles. The summed E-state index contributed by atoms with van der Waals surface area (Å²) in [7, 11) is 0. The molecule has 0 aliphatic carbocycles. The summed E-state index contributed by atoms with van der Waals surface area (Å²) in [6.45, 7) is 11.7. The zero-order valence-electron chi connectivity index (χ0n) is 43.5. The van der Waals surface area contributed by atoms with Crippen LogP contribution in [-0.2, 0) is 35.1 Å². The smallest absolute Gasteiger partial charge is 0.354 e. The van der Waals surface area contributed by atoms with Gasteiger partial charge in [-0.2, -0.15) is 4.98 Å². The maximum atomic E-state index is 16.1. The Bertz CT molecular complexity index is 2700. The highest BCUT2D eigenvalue weighted by atomic mass is 35.5. The van der Waals surface area contributed by atoms with Crippen LogP contribution in [0, 0.1) is 5.82 Å². The lowest BCUT2D eigenvalue weighted by Crippen LogP contribution is -2.54. The van der Waals surface area contributed by atoms with E-state index in [0.29, 0.717) is 106 Å². The first-order chi connectivity index (χ1) is 36.6. The number of rotatable bonds is 24. The molecule has 6 rings (SSSR count). The number of para-hydroxylation sites is 1. The summed E-state index contributed by atoms with van der Waals surface area (Å²) in [4.78, 5) is 90.0. The highest BCUT2D eigenvalue weighted by Crippen LogP contribution is 2.41. The second-order valence-electron chi connectivity index (χ2n) is 19.1. The number of ether oxygens (including phenoxy) is 2. The van der Waals surface area contributed by atoms with Crippen molar-refractivity contribution in [3.05, 3.63) is 94.1 Å². The van der Waals surface area contributed by atoms with Gasteiger partial charge in [0.1, 0.15) is 24.0 Å². The summed E-state index contributed by atoms with van der Waals surface area (Å²) >= 11 is 7.11. The Kier molecular flexibility index (Phi) is 22.5.